The maximum atomic E-state index is 11.2. The molecular weight excluding hydrogens is 216 g/mol. The van der Waals surface area contributed by atoms with Gasteiger partial charge in [0, 0.05) is 11.4 Å². The number of hydrogen-bond acceptors (Lipinski definition) is 4. The lowest BCUT2D eigenvalue weighted by atomic mass is 10.2. The third-order valence-corrected chi connectivity index (χ3v) is 3.02. The number of hydrogen-bond donors (Lipinski definition) is 1. The molecule has 84 valence electrons. The lowest BCUT2D eigenvalue weighted by Gasteiger charge is -2.14. The van der Waals surface area contributed by atoms with Crippen molar-refractivity contribution in [3.8, 4) is 0 Å². The van der Waals surface area contributed by atoms with Crippen LogP contribution in [0.5, 0.6) is 0 Å². The molecule has 6 nitrogen and oxygen atoms in total. The lowest BCUT2D eigenvalue weighted by molar-refractivity contribution is 0.462. The van der Waals surface area contributed by atoms with Crippen LogP contribution in [-0.4, -0.2) is 29.2 Å². The second kappa shape index (κ2) is 5.04. The second-order valence-corrected chi connectivity index (χ2v) is 4.71. The van der Waals surface area contributed by atoms with Gasteiger partial charge >= 0.3 is 0 Å². The van der Waals surface area contributed by atoms with E-state index in [2.05, 4.69) is 21.4 Å². The maximum absolute atomic E-state index is 11.2. The highest BCUT2D eigenvalue weighted by atomic mass is 32.2. The van der Waals surface area contributed by atoms with E-state index in [9.17, 15) is 8.42 Å². The first-order valence-corrected chi connectivity index (χ1v) is 6.09. The smallest absolute Gasteiger partial charge is 0.233 e. The Bertz CT molecular complexity index is 398. The minimum absolute atomic E-state index is 0.199. The van der Waals surface area contributed by atoms with Crippen LogP contribution in [0, 0.1) is 0 Å². The van der Waals surface area contributed by atoms with Crippen LogP contribution < -0.4 is 4.72 Å². The van der Waals surface area contributed by atoms with Gasteiger partial charge in [-0.15, -0.1) is 0 Å². The Balaban J connectivity index is 2.61. The first-order valence-electron chi connectivity index (χ1n) is 4.54. The molecule has 1 aromatic heterocycles. The molecule has 0 spiro atoms. The molecule has 0 aliphatic carbocycles. The molecule has 0 aliphatic rings. The molecular formula is C8H14N4O2S. The van der Waals surface area contributed by atoms with Crippen LogP contribution in [-0.2, 0) is 16.6 Å². The molecule has 15 heavy (non-hydrogen) atoms. The predicted molar refractivity (Wildman–Crippen MR) is 56.4 cm³/mol. The molecule has 0 aliphatic heterocycles. The molecule has 1 atom stereocenters. The van der Waals surface area contributed by atoms with E-state index in [4.69, 9.17) is 0 Å². The Morgan fingerprint density at radius 1 is 1.67 bits per heavy atom. The van der Waals surface area contributed by atoms with Crippen molar-refractivity contribution in [1.29, 1.82) is 0 Å². The van der Waals surface area contributed by atoms with Crippen molar-refractivity contribution in [2.24, 2.45) is 0 Å². The van der Waals surface area contributed by atoms with E-state index in [1.807, 2.05) is 6.92 Å². The number of sulfonamides is 1. The summed E-state index contributed by atoms with van der Waals surface area (Å²) in [6.45, 7) is 5.59. The van der Waals surface area contributed by atoms with Crippen molar-refractivity contribution >= 4 is 10.0 Å². The highest BCUT2D eigenvalue weighted by Crippen LogP contribution is 1.98. The van der Waals surface area contributed by atoms with Crippen molar-refractivity contribution in [2.45, 2.75) is 25.9 Å². The van der Waals surface area contributed by atoms with Crippen LogP contribution >= 0.6 is 0 Å². The summed E-state index contributed by atoms with van der Waals surface area (Å²) >= 11 is 0. The molecule has 0 saturated carbocycles. The zero-order valence-electron chi connectivity index (χ0n) is 8.50. The van der Waals surface area contributed by atoms with Gasteiger partial charge in [0.2, 0.25) is 10.0 Å². The number of aromatic nitrogens is 3. The fraction of sp³-hybridized carbons (Fsp3) is 0.500. The second-order valence-electron chi connectivity index (χ2n) is 3.05. The summed E-state index contributed by atoms with van der Waals surface area (Å²) in [6, 6.07) is -0.199. The van der Waals surface area contributed by atoms with E-state index >= 15 is 0 Å². The molecule has 1 N–H and O–H groups in total. The molecule has 0 amide bonds. The van der Waals surface area contributed by atoms with E-state index in [0.717, 1.165) is 5.41 Å². The minimum atomic E-state index is -3.38. The molecule has 7 heteroatoms. The van der Waals surface area contributed by atoms with Gasteiger partial charge in [0.05, 0.1) is 6.54 Å². The van der Waals surface area contributed by atoms with Crippen LogP contribution in [0.25, 0.3) is 0 Å². The van der Waals surface area contributed by atoms with Gasteiger partial charge in [-0.05, 0) is 6.42 Å². The minimum Gasteiger partial charge on any atom is -0.251 e. The third-order valence-electron chi connectivity index (χ3n) is 1.92. The first kappa shape index (κ1) is 11.9. The van der Waals surface area contributed by atoms with Crippen molar-refractivity contribution in [3.05, 3.63) is 24.6 Å². The van der Waals surface area contributed by atoms with E-state index in [-0.39, 0.29) is 6.04 Å². The average molecular weight is 230 g/mol. The number of nitrogens with one attached hydrogen (secondary N) is 1. The van der Waals surface area contributed by atoms with Crippen LogP contribution in [0.3, 0.4) is 0 Å². The summed E-state index contributed by atoms with van der Waals surface area (Å²) in [5.41, 5.74) is 0. The molecule has 1 heterocycles. The topological polar surface area (TPSA) is 76.9 Å². The Labute approximate surface area is 89.1 Å². The van der Waals surface area contributed by atoms with Crippen molar-refractivity contribution in [2.75, 3.05) is 0 Å². The summed E-state index contributed by atoms with van der Waals surface area (Å²) in [5.74, 6) is 0. The van der Waals surface area contributed by atoms with Crippen molar-refractivity contribution < 1.29 is 8.42 Å². The molecule has 0 bridgehead atoms. The summed E-state index contributed by atoms with van der Waals surface area (Å²) in [4.78, 5) is 3.78. The fourth-order valence-corrected chi connectivity index (χ4v) is 1.88. The normalized spacial score (nSPS) is 13.7. The highest BCUT2D eigenvalue weighted by molar-refractivity contribution is 7.92. The van der Waals surface area contributed by atoms with E-state index in [0.29, 0.717) is 13.0 Å². The highest BCUT2D eigenvalue weighted by Gasteiger charge is 2.13. The molecule has 0 aromatic carbocycles. The van der Waals surface area contributed by atoms with Gasteiger partial charge in [0.15, 0.2) is 0 Å². The van der Waals surface area contributed by atoms with E-state index in [1.54, 1.807) is 11.0 Å². The standard InChI is InChI=1S/C8H14N4O2S/c1-3-8(11-15(13,14)4-2)5-12-7-9-6-10-12/h4,6-8,11H,2-3,5H2,1H3. The van der Waals surface area contributed by atoms with Crippen LogP contribution in [0.4, 0.5) is 0 Å². The van der Waals surface area contributed by atoms with Gasteiger partial charge in [0.1, 0.15) is 12.7 Å². The first-order chi connectivity index (χ1) is 7.07. The van der Waals surface area contributed by atoms with Crippen LogP contribution in [0.2, 0.25) is 0 Å². The average Bonchev–Trinajstić information content (AvgIpc) is 2.69. The van der Waals surface area contributed by atoms with Crippen LogP contribution in [0.15, 0.2) is 24.6 Å². The summed E-state index contributed by atoms with van der Waals surface area (Å²) in [5, 5.41) is 4.80. The van der Waals surface area contributed by atoms with E-state index < -0.39 is 10.0 Å². The lowest BCUT2D eigenvalue weighted by Crippen LogP contribution is -2.36. The van der Waals surface area contributed by atoms with Gasteiger partial charge in [-0.3, -0.25) is 4.68 Å². The zero-order valence-corrected chi connectivity index (χ0v) is 9.31. The molecule has 0 saturated heterocycles. The fourth-order valence-electron chi connectivity index (χ4n) is 1.08. The van der Waals surface area contributed by atoms with Gasteiger partial charge in [-0.1, -0.05) is 13.5 Å². The van der Waals surface area contributed by atoms with Gasteiger partial charge in [-0.25, -0.2) is 18.1 Å². The molecule has 1 aromatic rings. The van der Waals surface area contributed by atoms with Gasteiger partial charge in [-0.2, -0.15) is 5.10 Å². The van der Waals surface area contributed by atoms with Crippen LogP contribution in [0.1, 0.15) is 13.3 Å². The van der Waals surface area contributed by atoms with Crippen molar-refractivity contribution in [1.82, 2.24) is 19.5 Å². The Morgan fingerprint density at radius 3 is 2.87 bits per heavy atom. The third kappa shape index (κ3) is 3.80. The Morgan fingerprint density at radius 2 is 2.40 bits per heavy atom. The number of nitrogens with zero attached hydrogens (tertiary/aromatic N) is 3. The van der Waals surface area contributed by atoms with Gasteiger partial charge in [0.25, 0.3) is 0 Å². The summed E-state index contributed by atoms with van der Waals surface area (Å²) in [7, 11) is -3.38. The molecule has 0 radical (unpaired) electrons. The molecule has 0 fully saturated rings. The Kier molecular flexibility index (Phi) is 3.98. The quantitative estimate of drug-likeness (QED) is 0.753. The summed E-state index contributed by atoms with van der Waals surface area (Å²) in [6.07, 6.45) is 3.63. The molecule has 1 rings (SSSR count). The largest absolute Gasteiger partial charge is 0.251 e. The Hall–Kier alpha value is -1.21. The maximum Gasteiger partial charge on any atom is 0.233 e. The van der Waals surface area contributed by atoms with Gasteiger partial charge < -0.3 is 0 Å². The monoisotopic (exact) mass is 230 g/mol. The van der Waals surface area contributed by atoms with Crippen molar-refractivity contribution in [3.63, 3.8) is 0 Å². The zero-order chi connectivity index (χ0) is 11.3. The summed E-state index contributed by atoms with van der Waals surface area (Å²) < 4.78 is 26.5. The van der Waals surface area contributed by atoms with E-state index in [1.165, 1.54) is 6.33 Å². The molecule has 1 unspecified atom stereocenters. The predicted octanol–water partition coefficient (Wildman–Crippen LogP) is 0.120. The SMILES string of the molecule is C=CS(=O)(=O)NC(CC)Cn1cncn1. The number of rotatable bonds is 6.